The van der Waals surface area contributed by atoms with Crippen LogP contribution in [0.5, 0.6) is 0 Å². The van der Waals surface area contributed by atoms with Gasteiger partial charge in [0.2, 0.25) is 0 Å². The number of aromatic nitrogens is 1. The minimum Gasteiger partial charge on any atom is -0.320 e. The molecule has 0 saturated carbocycles. The number of aryl methyl sites for hydroxylation is 1. The predicted octanol–water partition coefficient (Wildman–Crippen LogP) is 2.01. The number of rotatable bonds is 2. The lowest BCUT2D eigenvalue weighted by Gasteiger charge is -2.03. The summed E-state index contributed by atoms with van der Waals surface area (Å²) in [5.74, 6) is 5.97. The second kappa shape index (κ2) is 6.14. The Hall–Kier alpha value is -2.16. The summed E-state index contributed by atoms with van der Waals surface area (Å²) in [6.45, 7) is 2.15. The maximum Gasteiger partial charge on any atom is 0.268 e. The number of carbonyl (C=O) groups is 1. The van der Waals surface area contributed by atoms with Crippen LogP contribution in [0, 0.1) is 18.8 Å². The lowest BCUT2D eigenvalue weighted by atomic mass is 10.2. The van der Waals surface area contributed by atoms with Crippen molar-refractivity contribution >= 4 is 23.1 Å². The molecule has 0 spiro atoms. The van der Waals surface area contributed by atoms with Crippen LogP contribution in [0.3, 0.4) is 0 Å². The summed E-state index contributed by atoms with van der Waals surface area (Å²) in [5.41, 5.74) is 6.88. The molecule has 0 aliphatic rings. The molecule has 2 heterocycles. The first-order chi connectivity index (χ1) is 9.20. The van der Waals surface area contributed by atoms with E-state index in [1.165, 1.54) is 11.3 Å². The molecule has 4 nitrogen and oxygen atoms in total. The Kier molecular flexibility index (Phi) is 4.29. The van der Waals surface area contributed by atoms with E-state index >= 15 is 0 Å². The van der Waals surface area contributed by atoms with Gasteiger partial charge in [0.1, 0.15) is 10.7 Å². The van der Waals surface area contributed by atoms with Crippen LogP contribution in [0.4, 0.5) is 5.82 Å². The van der Waals surface area contributed by atoms with E-state index in [0.717, 1.165) is 5.69 Å². The molecule has 3 N–H and O–H groups in total. The zero-order valence-corrected chi connectivity index (χ0v) is 11.3. The molecule has 2 aromatic heterocycles. The fraction of sp³-hybridized carbons (Fsp3) is 0.143. The number of hydrogen-bond donors (Lipinski definition) is 2. The van der Waals surface area contributed by atoms with Gasteiger partial charge >= 0.3 is 0 Å². The third-order valence-electron chi connectivity index (χ3n) is 2.33. The zero-order chi connectivity index (χ0) is 13.7. The molecular formula is C14H13N3OS. The maximum atomic E-state index is 12.1. The SMILES string of the molecule is Cc1cccc(NC(=O)c2sccc2C#CCN)n1. The molecule has 0 aliphatic heterocycles. The van der Waals surface area contributed by atoms with Crippen LogP contribution in [0.2, 0.25) is 0 Å². The highest BCUT2D eigenvalue weighted by Crippen LogP contribution is 2.17. The number of carbonyl (C=O) groups excluding carboxylic acids is 1. The van der Waals surface area contributed by atoms with E-state index in [2.05, 4.69) is 22.1 Å². The number of amides is 1. The molecule has 0 atom stereocenters. The Balaban J connectivity index is 2.19. The van der Waals surface area contributed by atoms with Gasteiger partial charge in [0.05, 0.1) is 6.54 Å². The number of hydrogen-bond acceptors (Lipinski definition) is 4. The predicted molar refractivity (Wildman–Crippen MR) is 77.2 cm³/mol. The highest BCUT2D eigenvalue weighted by Gasteiger charge is 2.12. The van der Waals surface area contributed by atoms with Gasteiger partial charge in [-0.3, -0.25) is 4.79 Å². The van der Waals surface area contributed by atoms with E-state index in [4.69, 9.17) is 5.73 Å². The van der Waals surface area contributed by atoms with Crippen LogP contribution >= 0.6 is 11.3 Å². The highest BCUT2D eigenvalue weighted by atomic mass is 32.1. The summed E-state index contributed by atoms with van der Waals surface area (Å²) in [5, 5.41) is 4.60. The van der Waals surface area contributed by atoms with Crippen molar-refractivity contribution in [2.75, 3.05) is 11.9 Å². The summed E-state index contributed by atoms with van der Waals surface area (Å²) in [4.78, 5) is 16.9. The van der Waals surface area contributed by atoms with E-state index in [9.17, 15) is 4.79 Å². The smallest absolute Gasteiger partial charge is 0.268 e. The van der Waals surface area contributed by atoms with Crippen LogP contribution in [-0.2, 0) is 0 Å². The first-order valence-electron chi connectivity index (χ1n) is 5.72. The van der Waals surface area contributed by atoms with Gasteiger partial charge in [-0.05, 0) is 30.5 Å². The second-order valence-electron chi connectivity index (χ2n) is 3.79. The molecule has 0 radical (unpaired) electrons. The largest absolute Gasteiger partial charge is 0.320 e. The minimum atomic E-state index is -0.200. The Labute approximate surface area is 115 Å². The Morgan fingerprint density at radius 1 is 1.47 bits per heavy atom. The first-order valence-corrected chi connectivity index (χ1v) is 6.60. The van der Waals surface area contributed by atoms with Crippen LogP contribution < -0.4 is 11.1 Å². The lowest BCUT2D eigenvalue weighted by Crippen LogP contribution is -2.12. The Morgan fingerprint density at radius 2 is 2.32 bits per heavy atom. The zero-order valence-electron chi connectivity index (χ0n) is 10.4. The highest BCUT2D eigenvalue weighted by molar-refractivity contribution is 7.12. The average Bonchev–Trinajstić information content (AvgIpc) is 2.84. The normalized spacial score (nSPS) is 9.58. The fourth-order valence-electron chi connectivity index (χ4n) is 1.52. The molecule has 2 aromatic rings. The molecule has 0 fully saturated rings. The third kappa shape index (κ3) is 3.41. The summed E-state index contributed by atoms with van der Waals surface area (Å²) >= 11 is 1.35. The number of nitrogens with zero attached hydrogens (tertiary/aromatic N) is 1. The van der Waals surface area contributed by atoms with Gasteiger partial charge in [0, 0.05) is 11.3 Å². The monoisotopic (exact) mass is 271 g/mol. The average molecular weight is 271 g/mol. The van der Waals surface area contributed by atoms with Crippen molar-refractivity contribution in [2.24, 2.45) is 5.73 Å². The van der Waals surface area contributed by atoms with Crippen LogP contribution in [-0.4, -0.2) is 17.4 Å². The molecule has 96 valence electrons. The van der Waals surface area contributed by atoms with Crippen LogP contribution in [0.15, 0.2) is 29.6 Å². The molecule has 0 aromatic carbocycles. The summed E-state index contributed by atoms with van der Waals surface area (Å²) in [6.07, 6.45) is 0. The summed E-state index contributed by atoms with van der Waals surface area (Å²) < 4.78 is 0. The molecule has 0 aliphatic carbocycles. The molecule has 2 rings (SSSR count). The summed E-state index contributed by atoms with van der Waals surface area (Å²) in [7, 11) is 0. The molecular weight excluding hydrogens is 258 g/mol. The number of nitrogens with one attached hydrogen (secondary N) is 1. The van der Waals surface area contributed by atoms with Gasteiger partial charge in [-0.25, -0.2) is 4.98 Å². The van der Waals surface area contributed by atoms with Crippen molar-refractivity contribution in [1.82, 2.24) is 4.98 Å². The molecule has 0 bridgehead atoms. The van der Waals surface area contributed by atoms with Gasteiger partial charge in [-0.1, -0.05) is 17.9 Å². The van der Waals surface area contributed by atoms with Crippen molar-refractivity contribution in [3.63, 3.8) is 0 Å². The molecule has 0 saturated heterocycles. The van der Waals surface area contributed by atoms with Gasteiger partial charge in [0.15, 0.2) is 0 Å². The standard InChI is InChI=1S/C14H13N3OS/c1-10-4-2-6-12(16-10)17-14(18)13-11(5-3-8-15)7-9-19-13/h2,4,6-7,9H,8,15H2,1H3,(H,16,17,18). The summed E-state index contributed by atoms with van der Waals surface area (Å²) in [6, 6.07) is 7.29. The van der Waals surface area contributed by atoms with Crippen LogP contribution in [0.1, 0.15) is 20.9 Å². The number of thiophene rings is 1. The molecule has 19 heavy (non-hydrogen) atoms. The third-order valence-corrected chi connectivity index (χ3v) is 3.24. The van der Waals surface area contributed by atoms with Gasteiger partial charge in [0.25, 0.3) is 5.91 Å². The van der Waals surface area contributed by atoms with Crippen molar-refractivity contribution in [2.45, 2.75) is 6.92 Å². The van der Waals surface area contributed by atoms with E-state index in [1.807, 2.05) is 30.5 Å². The van der Waals surface area contributed by atoms with E-state index in [-0.39, 0.29) is 12.5 Å². The van der Waals surface area contributed by atoms with Crippen molar-refractivity contribution in [3.05, 3.63) is 45.8 Å². The fourth-order valence-corrected chi connectivity index (χ4v) is 2.26. The number of nitrogens with two attached hydrogens (primary N) is 1. The number of anilines is 1. The van der Waals surface area contributed by atoms with Gasteiger partial charge in [-0.15, -0.1) is 11.3 Å². The van der Waals surface area contributed by atoms with E-state index in [1.54, 1.807) is 6.07 Å². The molecule has 5 heteroatoms. The van der Waals surface area contributed by atoms with Crippen molar-refractivity contribution < 1.29 is 4.79 Å². The van der Waals surface area contributed by atoms with Crippen molar-refractivity contribution in [3.8, 4) is 11.8 Å². The van der Waals surface area contributed by atoms with Crippen LogP contribution in [0.25, 0.3) is 0 Å². The molecule has 0 unspecified atom stereocenters. The first kappa shape index (κ1) is 13.3. The Morgan fingerprint density at radius 3 is 3.05 bits per heavy atom. The molecule has 1 amide bonds. The lowest BCUT2D eigenvalue weighted by molar-refractivity contribution is 0.103. The minimum absolute atomic E-state index is 0.200. The number of pyridine rings is 1. The maximum absolute atomic E-state index is 12.1. The Bertz CT molecular complexity index is 652. The quantitative estimate of drug-likeness (QED) is 0.821. The second-order valence-corrected chi connectivity index (χ2v) is 4.70. The van der Waals surface area contributed by atoms with Gasteiger partial charge in [-0.2, -0.15) is 0 Å². The van der Waals surface area contributed by atoms with Gasteiger partial charge < -0.3 is 11.1 Å². The van der Waals surface area contributed by atoms with Crippen molar-refractivity contribution in [1.29, 1.82) is 0 Å². The van der Waals surface area contributed by atoms with E-state index < -0.39 is 0 Å². The van der Waals surface area contributed by atoms with E-state index in [0.29, 0.717) is 16.3 Å². The topological polar surface area (TPSA) is 68.0 Å².